The van der Waals surface area contributed by atoms with Crippen molar-refractivity contribution in [1.82, 2.24) is 5.32 Å². The van der Waals surface area contributed by atoms with Crippen LogP contribution in [0, 0.1) is 5.92 Å². The smallest absolute Gasteiger partial charge is 0.127 e. The zero-order valence-corrected chi connectivity index (χ0v) is 13.2. The summed E-state index contributed by atoms with van der Waals surface area (Å²) < 4.78 is 12.0. The number of aryl methyl sites for hydroxylation is 1. The van der Waals surface area contributed by atoms with Gasteiger partial charge in [-0.05, 0) is 37.8 Å². The van der Waals surface area contributed by atoms with E-state index in [0.29, 0.717) is 18.1 Å². The van der Waals surface area contributed by atoms with Crippen molar-refractivity contribution in [3.05, 3.63) is 29.3 Å². The molecule has 0 saturated carbocycles. The maximum absolute atomic E-state index is 6.03. The summed E-state index contributed by atoms with van der Waals surface area (Å²) in [5, 5.41) is 3.70. The molecule has 0 aliphatic carbocycles. The van der Waals surface area contributed by atoms with Crippen molar-refractivity contribution in [3.8, 4) is 5.75 Å². The topological polar surface area (TPSA) is 30.5 Å². The molecule has 3 unspecified atom stereocenters. The van der Waals surface area contributed by atoms with Gasteiger partial charge in [0.1, 0.15) is 5.75 Å². The summed E-state index contributed by atoms with van der Waals surface area (Å²) in [5.74, 6) is 1.68. The van der Waals surface area contributed by atoms with E-state index < -0.39 is 0 Å². The molecule has 0 spiro atoms. The lowest BCUT2D eigenvalue weighted by atomic mass is 9.85. The number of hydrogen-bond donors (Lipinski definition) is 1. The number of benzene rings is 1. The Kier molecular flexibility index (Phi) is 4.81. The van der Waals surface area contributed by atoms with Crippen LogP contribution in [-0.2, 0) is 11.2 Å². The summed E-state index contributed by atoms with van der Waals surface area (Å²) >= 11 is 0. The molecule has 2 heterocycles. The van der Waals surface area contributed by atoms with Crippen LogP contribution in [0.5, 0.6) is 5.75 Å². The van der Waals surface area contributed by atoms with Crippen LogP contribution in [0.1, 0.15) is 50.3 Å². The molecule has 3 heteroatoms. The minimum atomic E-state index is 0.343. The van der Waals surface area contributed by atoms with Crippen molar-refractivity contribution >= 4 is 0 Å². The maximum Gasteiger partial charge on any atom is 0.127 e. The van der Waals surface area contributed by atoms with Crippen LogP contribution in [0.2, 0.25) is 0 Å². The highest BCUT2D eigenvalue weighted by Crippen LogP contribution is 2.40. The molecule has 3 atom stereocenters. The third kappa shape index (κ3) is 2.95. The minimum Gasteiger partial charge on any atom is -0.493 e. The van der Waals surface area contributed by atoms with Gasteiger partial charge in [0.2, 0.25) is 0 Å². The first-order valence-corrected chi connectivity index (χ1v) is 8.44. The Labute approximate surface area is 128 Å². The van der Waals surface area contributed by atoms with E-state index in [-0.39, 0.29) is 0 Å². The fourth-order valence-electron chi connectivity index (χ4n) is 3.84. The lowest BCUT2D eigenvalue weighted by Gasteiger charge is -2.31. The SMILES string of the molecule is CCNC(c1cccc2c1OCCC2)C1CCOC1CC. The summed E-state index contributed by atoms with van der Waals surface area (Å²) in [5.41, 5.74) is 2.71. The minimum absolute atomic E-state index is 0.343. The number of rotatable bonds is 5. The van der Waals surface area contributed by atoms with Crippen LogP contribution in [0.4, 0.5) is 0 Å². The van der Waals surface area contributed by atoms with E-state index in [2.05, 4.69) is 37.4 Å². The summed E-state index contributed by atoms with van der Waals surface area (Å²) in [4.78, 5) is 0. The lowest BCUT2D eigenvalue weighted by Crippen LogP contribution is -2.33. The van der Waals surface area contributed by atoms with E-state index in [1.807, 2.05) is 0 Å². The van der Waals surface area contributed by atoms with Crippen molar-refractivity contribution in [3.63, 3.8) is 0 Å². The molecule has 1 saturated heterocycles. The van der Waals surface area contributed by atoms with Gasteiger partial charge in [0, 0.05) is 24.1 Å². The maximum atomic E-state index is 6.03. The first-order chi connectivity index (χ1) is 10.3. The number of para-hydroxylation sites is 1. The average Bonchev–Trinajstić information content (AvgIpc) is 3.00. The molecular weight excluding hydrogens is 262 g/mol. The van der Waals surface area contributed by atoms with Crippen LogP contribution >= 0.6 is 0 Å². The second-order valence-corrected chi connectivity index (χ2v) is 6.09. The van der Waals surface area contributed by atoms with E-state index in [4.69, 9.17) is 9.47 Å². The molecule has 2 aliphatic heterocycles. The van der Waals surface area contributed by atoms with E-state index in [0.717, 1.165) is 51.2 Å². The second kappa shape index (κ2) is 6.80. The standard InChI is InChI=1S/C18H27NO2/c1-3-16-14(10-12-20-16)17(19-4-2)15-9-5-7-13-8-6-11-21-18(13)15/h5,7,9,14,16-17,19H,3-4,6,8,10-12H2,1-2H3. The van der Waals surface area contributed by atoms with Crippen LogP contribution in [0.3, 0.4) is 0 Å². The van der Waals surface area contributed by atoms with Gasteiger partial charge in [0.15, 0.2) is 0 Å². The fraction of sp³-hybridized carbons (Fsp3) is 0.667. The first-order valence-electron chi connectivity index (χ1n) is 8.44. The predicted molar refractivity (Wildman–Crippen MR) is 84.8 cm³/mol. The summed E-state index contributed by atoms with van der Waals surface area (Å²) in [6.07, 6.45) is 4.86. The molecule has 116 valence electrons. The molecular formula is C18H27NO2. The average molecular weight is 289 g/mol. The third-order valence-corrected chi connectivity index (χ3v) is 4.81. The third-order valence-electron chi connectivity index (χ3n) is 4.81. The summed E-state index contributed by atoms with van der Waals surface area (Å²) in [6, 6.07) is 6.98. The summed E-state index contributed by atoms with van der Waals surface area (Å²) in [6.45, 7) is 7.12. The molecule has 3 rings (SSSR count). The van der Waals surface area contributed by atoms with Gasteiger partial charge < -0.3 is 14.8 Å². The molecule has 2 aliphatic rings. The Bertz CT molecular complexity index is 474. The van der Waals surface area contributed by atoms with E-state index >= 15 is 0 Å². The van der Waals surface area contributed by atoms with Gasteiger partial charge in [-0.15, -0.1) is 0 Å². The van der Waals surface area contributed by atoms with Gasteiger partial charge in [-0.3, -0.25) is 0 Å². The molecule has 1 N–H and O–H groups in total. The Morgan fingerprint density at radius 3 is 3.00 bits per heavy atom. The van der Waals surface area contributed by atoms with Gasteiger partial charge in [-0.2, -0.15) is 0 Å². The zero-order chi connectivity index (χ0) is 14.7. The van der Waals surface area contributed by atoms with Crippen molar-refractivity contribution in [1.29, 1.82) is 0 Å². The van der Waals surface area contributed by atoms with Crippen LogP contribution < -0.4 is 10.1 Å². The second-order valence-electron chi connectivity index (χ2n) is 6.09. The van der Waals surface area contributed by atoms with Gasteiger partial charge in [-0.25, -0.2) is 0 Å². The molecule has 0 aromatic heterocycles. The summed E-state index contributed by atoms with van der Waals surface area (Å²) in [7, 11) is 0. The van der Waals surface area contributed by atoms with E-state index in [1.54, 1.807) is 0 Å². The first kappa shape index (κ1) is 14.9. The van der Waals surface area contributed by atoms with E-state index in [9.17, 15) is 0 Å². The van der Waals surface area contributed by atoms with Gasteiger partial charge >= 0.3 is 0 Å². The quantitative estimate of drug-likeness (QED) is 0.900. The van der Waals surface area contributed by atoms with Crippen LogP contribution in [0.15, 0.2) is 18.2 Å². The molecule has 3 nitrogen and oxygen atoms in total. The highest BCUT2D eigenvalue weighted by molar-refractivity contribution is 5.45. The molecule has 0 bridgehead atoms. The molecule has 0 radical (unpaired) electrons. The normalized spacial score (nSPS) is 26.2. The lowest BCUT2D eigenvalue weighted by molar-refractivity contribution is 0.0771. The molecule has 1 aromatic rings. The molecule has 1 fully saturated rings. The Balaban J connectivity index is 1.94. The Morgan fingerprint density at radius 1 is 1.29 bits per heavy atom. The predicted octanol–water partition coefficient (Wildman–Crippen LogP) is 3.48. The number of nitrogens with one attached hydrogen (secondary N) is 1. The molecule has 21 heavy (non-hydrogen) atoms. The van der Waals surface area contributed by atoms with Crippen LogP contribution in [0.25, 0.3) is 0 Å². The zero-order valence-electron chi connectivity index (χ0n) is 13.2. The van der Waals surface area contributed by atoms with Crippen molar-refractivity contribution in [2.24, 2.45) is 5.92 Å². The highest BCUT2D eigenvalue weighted by Gasteiger charge is 2.36. The van der Waals surface area contributed by atoms with Crippen molar-refractivity contribution in [2.75, 3.05) is 19.8 Å². The van der Waals surface area contributed by atoms with Crippen molar-refractivity contribution in [2.45, 2.75) is 51.7 Å². The largest absolute Gasteiger partial charge is 0.493 e. The van der Waals surface area contributed by atoms with Gasteiger partial charge in [0.25, 0.3) is 0 Å². The number of fused-ring (bicyclic) bond motifs is 1. The highest BCUT2D eigenvalue weighted by atomic mass is 16.5. The van der Waals surface area contributed by atoms with Crippen LogP contribution in [-0.4, -0.2) is 25.9 Å². The molecule has 0 amide bonds. The van der Waals surface area contributed by atoms with Gasteiger partial charge in [0.05, 0.1) is 12.7 Å². The molecule has 1 aromatic carbocycles. The number of hydrogen-bond acceptors (Lipinski definition) is 3. The van der Waals surface area contributed by atoms with Gasteiger partial charge in [-0.1, -0.05) is 32.0 Å². The van der Waals surface area contributed by atoms with Crippen molar-refractivity contribution < 1.29 is 9.47 Å². The Hall–Kier alpha value is -1.06. The fourth-order valence-corrected chi connectivity index (χ4v) is 3.84. The Morgan fingerprint density at radius 2 is 2.19 bits per heavy atom. The monoisotopic (exact) mass is 289 g/mol. The van der Waals surface area contributed by atoms with E-state index in [1.165, 1.54) is 11.1 Å². The number of ether oxygens (including phenoxy) is 2.